The summed E-state index contributed by atoms with van der Waals surface area (Å²) in [6.07, 6.45) is 2.61. The van der Waals surface area contributed by atoms with E-state index < -0.39 is 0 Å². The number of benzene rings is 1. The van der Waals surface area contributed by atoms with Gasteiger partial charge >= 0.3 is 0 Å². The van der Waals surface area contributed by atoms with Crippen LogP contribution in [0.1, 0.15) is 18.4 Å². The monoisotopic (exact) mass is 298 g/mol. The minimum Gasteiger partial charge on any atom is -0.492 e. The van der Waals surface area contributed by atoms with Gasteiger partial charge in [0.05, 0.1) is 6.61 Å². The van der Waals surface area contributed by atoms with Gasteiger partial charge in [-0.25, -0.2) is 0 Å². The van der Waals surface area contributed by atoms with Gasteiger partial charge in [-0.15, -0.1) is 0 Å². The molecule has 0 aromatic heterocycles. The average Bonchev–Trinajstić information content (AvgIpc) is 2.95. The fraction of sp³-hybridized carbons (Fsp3) is 0.600. The Kier molecular flexibility index (Phi) is 6.60. The molecule has 1 aliphatic rings. The summed E-state index contributed by atoms with van der Waals surface area (Å²) in [6.45, 7) is 5.41. The highest BCUT2D eigenvalue weighted by atomic mass is 35.5. The second-order valence-corrected chi connectivity index (χ2v) is 5.49. The lowest BCUT2D eigenvalue weighted by molar-refractivity contribution is 0.236. The summed E-state index contributed by atoms with van der Waals surface area (Å²) in [5.41, 5.74) is 1.03. The number of rotatable bonds is 8. The average molecular weight is 299 g/mol. The zero-order valence-corrected chi connectivity index (χ0v) is 12.5. The molecule has 0 unspecified atom stereocenters. The summed E-state index contributed by atoms with van der Waals surface area (Å²) in [5.74, 6) is 0.874. The number of ether oxygens (including phenoxy) is 1. The van der Waals surface area contributed by atoms with E-state index in [1.807, 2.05) is 18.2 Å². The van der Waals surface area contributed by atoms with E-state index >= 15 is 0 Å². The maximum Gasteiger partial charge on any atom is 0.123 e. The van der Waals surface area contributed by atoms with Gasteiger partial charge in [-0.3, -0.25) is 4.90 Å². The Bertz CT molecular complexity index is 409. The van der Waals surface area contributed by atoms with Gasteiger partial charge in [0.2, 0.25) is 0 Å². The third kappa shape index (κ3) is 4.94. The van der Waals surface area contributed by atoms with Crippen molar-refractivity contribution in [2.24, 2.45) is 0 Å². The van der Waals surface area contributed by atoms with Crippen molar-refractivity contribution >= 4 is 11.6 Å². The van der Waals surface area contributed by atoms with Crippen molar-refractivity contribution in [1.29, 1.82) is 0 Å². The van der Waals surface area contributed by atoms with Crippen molar-refractivity contribution in [3.8, 4) is 5.75 Å². The summed E-state index contributed by atoms with van der Waals surface area (Å²) in [4.78, 5) is 2.43. The summed E-state index contributed by atoms with van der Waals surface area (Å²) >= 11 is 6.03. The van der Waals surface area contributed by atoms with Crippen LogP contribution >= 0.6 is 11.6 Å². The minimum atomic E-state index is 0.131. The number of aliphatic hydroxyl groups is 1. The molecule has 0 saturated carbocycles. The largest absolute Gasteiger partial charge is 0.492 e. The maximum absolute atomic E-state index is 8.81. The van der Waals surface area contributed by atoms with E-state index in [0.717, 1.165) is 17.9 Å². The van der Waals surface area contributed by atoms with Crippen LogP contribution in [-0.2, 0) is 6.54 Å². The van der Waals surface area contributed by atoms with Crippen LogP contribution < -0.4 is 10.1 Å². The van der Waals surface area contributed by atoms with Gasteiger partial charge in [0.15, 0.2) is 0 Å². The minimum absolute atomic E-state index is 0.131. The zero-order valence-electron chi connectivity index (χ0n) is 11.8. The first kappa shape index (κ1) is 15.6. The predicted octanol–water partition coefficient (Wildman–Crippen LogP) is 1.90. The summed E-state index contributed by atoms with van der Waals surface area (Å²) in [6, 6.07) is 5.68. The molecule has 0 radical (unpaired) electrons. The first-order valence-electron chi connectivity index (χ1n) is 7.25. The summed E-state index contributed by atoms with van der Waals surface area (Å²) < 4.78 is 5.88. The molecular formula is C15H23ClN2O2. The van der Waals surface area contributed by atoms with Gasteiger partial charge < -0.3 is 15.2 Å². The van der Waals surface area contributed by atoms with Gasteiger partial charge in [0.1, 0.15) is 12.4 Å². The molecule has 1 saturated heterocycles. The van der Waals surface area contributed by atoms with Crippen LogP contribution in [0.4, 0.5) is 0 Å². The SMILES string of the molecule is OCCNCc1cc(Cl)ccc1OCCN1CCCC1. The molecule has 1 aliphatic heterocycles. The molecule has 20 heavy (non-hydrogen) atoms. The predicted molar refractivity (Wildman–Crippen MR) is 81.4 cm³/mol. The number of nitrogens with one attached hydrogen (secondary N) is 1. The van der Waals surface area contributed by atoms with E-state index in [1.54, 1.807) is 0 Å². The van der Waals surface area contributed by atoms with E-state index in [0.29, 0.717) is 24.7 Å². The highest BCUT2D eigenvalue weighted by Gasteiger charge is 2.11. The second-order valence-electron chi connectivity index (χ2n) is 5.05. The molecule has 2 rings (SSSR count). The number of nitrogens with zero attached hydrogens (tertiary/aromatic N) is 1. The first-order valence-corrected chi connectivity index (χ1v) is 7.62. The third-order valence-corrected chi connectivity index (χ3v) is 3.73. The standard InChI is InChI=1S/C15H23ClN2O2/c16-14-3-4-15(13(11-14)12-17-5-9-19)20-10-8-18-6-1-2-7-18/h3-4,11,17,19H,1-2,5-10,12H2. The molecule has 1 aromatic rings. The number of halogens is 1. The Morgan fingerprint density at radius 2 is 2.10 bits per heavy atom. The topological polar surface area (TPSA) is 44.7 Å². The van der Waals surface area contributed by atoms with Crippen LogP contribution in [0.3, 0.4) is 0 Å². The van der Waals surface area contributed by atoms with Gasteiger partial charge in [-0.2, -0.15) is 0 Å². The third-order valence-electron chi connectivity index (χ3n) is 3.49. The van der Waals surface area contributed by atoms with Crippen LogP contribution in [-0.4, -0.2) is 49.4 Å². The molecule has 0 aliphatic carbocycles. The molecule has 0 atom stereocenters. The van der Waals surface area contributed by atoms with Crippen molar-refractivity contribution in [1.82, 2.24) is 10.2 Å². The van der Waals surface area contributed by atoms with Crippen LogP contribution in [0, 0.1) is 0 Å². The molecule has 112 valence electrons. The van der Waals surface area contributed by atoms with E-state index in [4.69, 9.17) is 21.4 Å². The molecule has 5 heteroatoms. The lowest BCUT2D eigenvalue weighted by atomic mass is 10.2. The molecule has 0 amide bonds. The lowest BCUT2D eigenvalue weighted by Crippen LogP contribution is -2.25. The number of likely N-dealkylation sites (tertiary alicyclic amines) is 1. The van der Waals surface area contributed by atoms with Crippen molar-refractivity contribution < 1.29 is 9.84 Å². The molecular weight excluding hydrogens is 276 g/mol. The second kappa shape index (κ2) is 8.47. The van der Waals surface area contributed by atoms with Crippen LogP contribution in [0.5, 0.6) is 5.75 Å². The van der Waals surface area contributed by atoms with E-state index in [1.165, 1.54) is 25.9 Å². The zero-order chi connectivity index (χ0) is 14.2. The van der Waals surface area contributed by atoms with E-state index in [2.05, 4.69) is 10.2 Å². The van der Waals surface area contributed by atoms with Gasteiger partial charge in [-0.05, 0) is 44.1 Å². The molecule has 1 aromatic carbocycles. The highest BCUT2D eigenvalue weighted by molar-refractivity contribution is 6.30. The van der Waals surface area contributed by atoms with E-state index in [9.17, 15) is 0 Å². The van der Waals surface area contributed by atoms with Crippen molar-refractivity contribution in [3.63, 3.8) is 0 Å². The molecule has 1 heterocycles. The lowest BCUT2D eigenvalue weighted by Gasteiger charge is -2.17. The van der Waals surface area contributed by atoms with Crippen LogP contribution in [0.25, 0.3) is 0 Å². The maximum atomic E-state index is 8.81. The first-order chi connectivity index (χ1) is 9.79. The number of aliphatic hydroxyl groups excluding tert-OH is 1. The fourth-order valence-electron chi connectivity index (χ4n) is 2.42. The molecule has 0 bridgehead atoms. The fourth-order valence-corrected chi connectivity index (χ4v) is 2.61. The van der Waals surface area contributed by atoms with Gasteiger partial charge in [0, 0.05) is 30.2 Å². The Balaban J connectivity index is 1.84. The summed E-state index contributed by atoms with van der Waals surface area (Å²) in [7, 11) is 0. The van der Waals surface area contributed by atoms with Crippen LogP contribution in [0.15, 0.2) is 18.2 Å². The quantitative estimate of drug-likeness (QED) is 0.720. The highest BCUT2D eigenvalue weighted by Crippen LogP contribution is 2.23. The molecule has 2 N–H and O–H groups in total. The number of hydrogen-bond donors (Lipinski definition) is 2. The Morgan fingerprint density at radius 3 is 2.85 bits per heavy atom. The molecule has 4 nitrogen and oxygen atoms in total. The Morgan fingerprint density at radius 1 is 1.30 bits per heavy atom. The van der Waals surface area contributed by atoms with Crippen molar-refractivity contribution in [2.45, 2.75) is 19.4 Å². The molecule has 0 spiro atoms. The van der Waals surface area contributed by atoms with Crippen molar-refractivity contribution in [3.05, 3.63) is 28.8 Å². The Hall–Kier alpha value is -0.810. The van der Waals surface area contributed by atoms with Gasteiger partial charge in [-0.1, -0.05) is 11.6 Å². The van der Waals surface area contributed by atoms with Crippen molar-refractivity contribution in [2.75, 3.05) is 39.4 Å². The molecule has 1 fully saturated rings. The van der Waals surface area contributed by atoms with E-state index in [-0.39, 0.29) is 6.61 Å². The smallest absolute Gasteiger partial charge is 0.123 e. The Labute approximate surface area is 125 Å². The summed E-state index contributed by atoms with van der Waals surface area (Å²) in [5, 5.41) is 12.7. The normalized spacial score (nSPS) is 15.7. The van der Waals surface area contributed by atoms with Crippen LogP contribution in [0.2, 0.25) is 5.02 Å². The number of hydrogen-bond acceptors (Lipinski definition) is 4. The van der Waals surface area contributed by atoms with Gasteiger partial charge in [0.25, 0.3) is 0 Å².